The fourth-order valence-corrected chi connectivity index (χ4v) is 2.05. The highest BCUT2D eigenvalue weighted by molar-refractivity contribution is 5.61. The van der Waals surface area contributed by atoms with E-state index in [1.165, 1.54) is 0 Å². The molecule has 1 aliphatic heterocycles. The molecule has 1 aliphatic rings. The first-order valence-corrected chi connectivity index (χ1v) is 6.08. The molecular formula is C13H20N2O2. The van der Waals surface area contributed by atoms with E-state index in [1.54, 1.807) is 0 Å². The van der Waals surface area contributed by atoms with Crippen LogP contribution in [0.25, 0.3) is 0 Å². The Labute approximate surface area is 102 Å². The summed E-state index contributed by atoms with van der Waals surface area (Å²) in [6.45, 7) is 2.22. The molecular weight excluding hydrogens is 216 g/mol. The van der Waals surface area contributed by atoms with Crippen molar-refractivity contribution in [2.75, 3.05) is 31.6 Å². The van der Waals surface area contributed by atoms with Gasteiger partial charge in [-0.1, -0.05) is 6.07 Å². The fraction of sp³-hybridized carbons (Fsp3) is 0.538. The zero-order valence-corrected chi connectivity index (χ0v) is 10.2. The van der Waals surface area contributed by atoms with Gasteiger partial charge in [0, 0.05) is 7.05 Å². The largest absolute Gasteiger partial charge is 0.490 e. The van der Waals surface area contributed by atoms with Gasteiger partial charge in [0.25, 0.3) is 0 Å². The molecule has 1 aromatic rings. The van der Waals surface area contributed by atoms with Crippen LogP contribution in [0.4, 0.5) is 5.69 Å². The maximum Gasteiger partial charge on any atom is 0.142 e. The van der Waals surface area contributed by atoms with E-state index < -0.39 is 6.10 Å². The quantitative estimate of drug-likeness (QED) is 0.827. The van der Waals surface area contributed by atoms with Gasteiger partial charge < -0.3 is 20.5 Å². The molecule has 17 heavy (non-hydrogen) atoms. The van der Waals surface area contributed by atoms with Gasteiger partial charge in [-0.2, -0.15) is 0 Å². The van der Waals surface area contributed by atoms with E-state index in [4.69, 9.17) is 10.5 Å². The molecule has 94 valence electrons. The van der Waals surface area contributed by atoms with E-state index in [0.29, 0.717) is 13.0 Å². The van der Waals surface area contributed by atoms with E-state index in [1.807, 2.05) is 25.2 Å². The third kappa shape index (κ3) is 2.70. The van der Waals surface area contributed by atoms with E-state index in [0.717, 1.165) is 36.6 Å². The topological polar surface area (TPSA) is 58.7 Å². The lowest BCUT2D eigenvalue weighted by Crippen LogP contribution is -2.28. The SMILES string of the molecule is CN1CCOc2ccc(C(O)CCCN)cc21. The van der Waals surface area contributed by atoms with E-state index >= 15 is 0 Å². The van der Waals surface area contributed by atoms with Gasteiger partial charge in [0.1, 0.15) is 12.4 Å². The lowest BCUT2D eigenvalue weighted by Gasteiger charge is -2.28. The molecule has 0 saturated heterocycles. The predicted molar refractivity (Wildman–Crippen MR) is 68.5 cm³/mol. The van der Waals surface area contributed by atoms with Gasteiger partial charge >= 0.3 is 0 Å². The standard InChI is InChI=1S/C13H20N2O2/c1-15-7-8-17-13-5-4-10(9-11(13)15)12(16)3-2-6-14/h4-5,9,12,16H,2-3,6-8,14H2,1H3. The summed E-state index contributed by atoms with van der Waals surface area (Å²) in [5.41, 5.74) is 7.44. The summed E-state index contributed by atoms with van der Waals surface area (Å²) in [4.78, 5) is 2.15. The number of anilines is 1. The highest BCUT2D eigenvalue weighted by Crippen LogP contribution is 2.33. The van der Waals surface area contributed by atoms with Gasteiger partial charge in [0.15, 0.2) is 0 Å². The lowest BCUT2D eigenvalue weighted by molar-refractivity contribution is 0.165. The van der Waals surface area contributed by atoms with Crippen LogP contribution in [-0.4, -0.2) is 31.9 Å². The summed E-state index contributed by atoms with van der Waals surface area (Å²) in [6.07, 6.45) is 1.11. The second-order valence-corrected chi connectivity index (χ2v) is 4.44. The van der Waals surface area contributed by atoms with Crippen LogP contribution in [0.1, 0.15) is 24.5 Å². The van der Waals surface area contributed by atoms with Crippen LogP contribution >= 0.6 is 0 Å². The molecule has 0 spiro atoms. The first kappa shape index (κ1) is 12.2. The minimum absolute atomic E-state index is 0.431. The summed E-state index contributed by atoms with van der Waals surface area (Å²) in [5, 5.41) is 10.0. The Kier molecular flexibility index (Phi) is 3.86. The number of fused-ring (bicyclic) bond motifs is 1. The average Bonchev–Trinajstić information content (AvgIpc) is 2.36. The lowest BCUT2D eigenvalue weighted by atomic mass is 10.0. The number of ether oxygens (including phenoxy) is 1. The number of hydrogen-bond acceptors (Lipinski definition) is 4. The summed E-state index contributed by atoms with van der Waals surface area (Å²) in [6, 6.07) is 5.88. The van der Waals surface area contributed by atoms with E-state index in [-0.39, 0.29) is 0 Å². The van der Waals surface area contributed by atoms with Crippen LogP contribution in [0.5, 0.6) is 5.75 Å². The number of rotatable bonds is 4. The number of hydrogen-bond donors (Lipinski definition) is 2. The Morgan fingerprint density at radius 2 is 2.35 bits per heavy atom. The van der Waals surface area contributed by atoms with Gasteiger partial charge in [-0.25, -0.2) is 0 Å². The Morgan fingerprint density at radius 1 is 1.53 bits per heavy atom. The number of likely N-dealkylation sites (N-methyl/N-ethyl adjacent to an activating group) is 1. The molecule has 0 fully saturated rings. The number of benzene rings is 1. The van der Waals surface area contributed by atoms with Crippen LogP contribution in [0.3, 0.4) is 0 Å². The van der Waals surface area contributed by atoms with Crippen molar-refractivity contribution >= 4 is 5.69 Å². The van der Waals surface area contributed by atoms with Crippen molar-refractivity contribution in [2.45, 2.75) is 18.9 Å². The monoisotopic (exact) mass is 236 g/mol. The van der Waals surface area contributed by atoms with Gasteiger partial charge in [-0.05, 0) is 37.1 Å². The average molecular weight is 236 g/mol. The molecule has 4 nitrogen and oxygen atoms in total. The second kappa shape index (κ2) is 5.38. The zero-order valence-electron chi connectivity index (χ0n) is 10.2. The highest BCUT2D eigenvalue weighted by atomic mass is 16.5. The Balaban J connectivity index is 2.17. The third-order valence-corrected chi connectivity index (χ3v) is 3.14. The van der Waals surface area contributed by atoms with Gasteiger partial charge in [-0.3, -0.25) is 0 Å². The van der Waals surface area contributed by atoms with Crippen LogP contribution in [-0.2, 0) is 0 Å². The molecule has 0 aromatic heterocycles. The molecule has 0 aliphatic carbocycles. The van der Waals surface area contributed by atoms with Gasteiger partial charge in [0.05, 0.1) is 18.3 Å². The summed E-state index contributed by atoms with van der Waals surface area (Å²) in [7, 11) is 2.04. The van der Waals surface area contributed by atoms with Crippen LogP contribution in [0, 0.1) is 0 Å². The molecule has 1 atom stereocenters. The maximum absolute atomic E-state index is 10.0. The molecule has 1 aromatic carbocycles. The van der Waals surface area contributed by atoms with Crippen LogP contribution in [0.15, 0.2) is 18.2 Å². The Hall–Kier alpha value is -1.26. The van der Waals surface area contributed by atoms with Gasteiger partial charge in [0.2, 0.25) is 0 Å². The summed E-state index contributed by atoms with van der Waals surface area (Å²) in [5.74, 6) is 0.897. The fourth-order valence-electron chi connectivity index (χ4n) is 2.05. The molecule has 0 saturated carbocycles. The molecule has 2 rings (SSSR count). The van der Waals surface area contributed by atoms with Crippen molar-refractivity contribution in [3.05, 3.63) is 23.8 Å². The molecule has 3 N–H and O–H groups in total. The molecule has 0 bridgehead atoms. The minimum atomic E-state index is -0.431. The second-order valence-electron chi connectivity index (χ2n) is 4.44. The van der Waals surface area contributed by atoms with Gasteiger partial charge in [-0.15, -0.1) is 0 Å². The highest BCUT2D eigenvalue weighted by Gasteiger charge is 2.17. The Morgan fingerprint density at radius 3 is 3.12 bits per heavy atom. The number of nitrogens with zero attached hydrogens (tertiary/aromatic N) is 1. The van der Waals surface area contributed by atoms with Crippen molar-refractivity contribution in [1.82, 2.24) is 0 Å². The van der Waals surface area contributed by atoms with Crippen molar-refractivity contribution in [3.8, 4) is 5.75 Å². The van der Waals surface area contributed by atoms with Crippen molar-refractivity contribution < 1.29 is 9.84 Å². The molecule has 1 heterocycles. The minimum Gasteiger partial charge on any atom is -0.490 e. The molecule has 0 radical (unpaired) electrons. The van der Waals surface area contributed by atoms with Crippen LogP contribution < -0.4 is 15.4 Å². The maximum atomic E-state index is 10.0. The van der Waals surface area contributed by atoms with Crippen LogP contribution in [0.2, 0.25) is 0 Å². The smallest absolute Gasteiger partial charge is 0.142 e. The normalized spacial score (nSPS) is 16.3. The third-order valence-electron chi connectivity index (χ3n) is 3.14. The van der Waals surface area contributed by atoms with E-state index in [9.17, 15) is 5.11 Å². The summed E-state index contributed by atoms with van der Waals surface area (Å²) >= 11 is 0. The first-order valence-electron chi connectivity index (χ1n) is 6.08. The molecule has 1 unspecified atom stereocenters. The number of aliphatic hydroxyl groups is 1. The number of nitrogens with two attached hydrogens (primary N) is 1. The van der Waals surface area contributed by atoms with Crippen molar-refractivity contribution in [2.24, 2.45) is 5.73 Å². The number of aliphatic hydroxyl groups excluding tert-OH is 1. The van der Waals surface area contributed by atoms with Crippen molar-refractivity contribution in [1.29, 1.82) is 0 Å². The summed E-state index contributed by atoms with van der Waals surface area (Å²) < 4.78 is 5.57. The predicted octanol–water partition coefficient (Wildman–Crippen LogP) is 1.29. The Bertz CT molecular complexity index is 382. The first-order chi connectivity index (χ1) is 8.22. The van der Waals surface area contributed by atoms with Crippen molar-refractivity contribution in [3.63, 3.8) is 0 Å². The molecule has 4 heteroatoms. The zero-order chi connectivity index (χ0) is 12.3. The molecule has 0 amide bonds. The van der Waals surface area contributed by atoms with E-state index in [2.05, 4.69) is 4.90 Å².